The molecule has 0 fully saturated rings. The zero-order chi connectivity index (χ0) is 15.0. The molecule has 106 valence electrons. The van der Waals surface area contributed by atoms with E-state index in [9.17, 15) is 14.4 Å². The highest BCUT2D eigenvalue weighted by Gasteiger charge is 2.31. The number of aromatic carboxylic acids is 1. The molecule has 0 unspecified atom stereocenters. The molecule has 3 rings (SSSR count). The molecule has 1 aromatic carbocycles. The van der Waals surface area contributed by atoms with Gasteiger partial charge < -0.3 is 15.4 Å². The van der Waals surface area contributed by atoms with Crippen molar-refractivity contribution in [1.29, 1.82) is 0 Å². The monoisotopic (exact) mass is 286 g/mol. The predicted octanol–water partition coefficient (Wildman–Crippen LogP) is 0.707. The molecule has 1 aliphatic rings. The molecule has 1 aliphatic heterocycles. The maximum Gasteiger partial charge on any atom is 0.354 e. The second-order valence-electron chi connectivity index (χ2n) is 4.39. The van der Waals surface area contributed by atoms with Crippen molar-refractivity contribution in [2.45, 2.75) is 0 Å². The zero-order valence-corrected chi connectivity index (χ0v) is 10.7. The number of aromatic nitrogens is 2. The second kappa shape index (κ2) is 4.75. The van der Waals surface area contributed by atoms with Crippen molar-refractivity contribution in [2.24, 2.45) is 0 Å². The summed E-state index contributed by atoms with van der Waals surface area (Å²) < 4.78 is 0. The van der Waals surface area contributed by atoms with Crippen LogP contribution in [0.4, 0.5) is 11.4 Å². The highest BCUT2D eigenvalue weighted by molar-refractivity contribution is 6.16. The van der Waals surface area contributed by atoms with E-state index >= 15 is 0 Å². The number of H-pyrrole nitrogens is 1. The number of carboxylic acids is 1. The van der Waals surface area contributed by atoms with Gasteiger partial charge in [0.2, 0.25) is 5.91 Å². The van der Waals surface area contributed by atoms with E-state index in [4.69, 9.17) is 5.11 Å². The Morgan fingerprint density at radius 1 is 1.29 bits per heavy atom. The molecule has 0 saturated heterocycles. The predicted molar refractivity (Wildman–Crippen MR) is 72.3 cm³/mol. The first-order valence-corrected chi connectivity index (χ1v) is 6.05. The van der Waals surface area contributed by atoms with Gasteiger partial charge in [-0.05, 0) is 12.1 Å². The van der Waals surface area contributed by atoms with Gasteiger partial charge in [0.05, 0.1) is 17.7 Å². The minimum absolute atomic E-state index is 0.193. The Hall–Kier alpha value is -3.16. The fourth-order valence-electron chi connectivity index (χ4n) is 2.16. The maximum atomic E-state index is 12.5. The Morgan fingerprint density at radius 2 is 2.05 bits per heavy atom. The highest BCUT2D eigenvalue weighted by atomic mass is 16.4. The quantitative estimate of drug-likeness (QED) is 0.751. The minimum atomic E-state index is -1.29. The van der Waals surface area contributed by atoms with Crippen LogP contribution in [0.5, 0.6) is 0 Å². The van der Waals surface area contributed by atoms with Gasteiger partial charge >= 0.3 is 5.97 Å². The minimum Gasteiger partial charge on any atom is -0.477 e. The molecule has 3 N–H and O–H groups in total. The van der Waals surface area contributed by atoms with Gasteiger partial charge in [-0.1, -0.05) is 12.1 Å². The normalized spacial score (nSPS) is 13.5. The van der Waals surface area contributed by atoms with E-state index in [1.165, 1.54) is 4.90 Å². The van der Waals surface area contributed by atoms with E-state index in [2.05, 4.69) is 15.3 Å². The fraction of sp³-hybridized carbons (Fsp3) is 0.0769. The number of anilines is 2. The van der Waals surface area contributed by atoms with Crippen LogP contribution in [-0.2, 0) is 4.79 Å². The van der Waals surface area contributed by atoms with Crippen molar-refractivity contribution in [3.05, 3.63) is 42.0 Å². The lowest BCUT2D eigenvalue weighted by Crippen LogP contribution is -2.42. The Kier molecular flexibility index (Phi) is 2.90. The first-order chi connectivity index (χ1) is 10.1. The maximum absolute atomic E-state index is 12.5. The van der Waals surface area contributed by atoms with Gasteiger partial charge in [-0.15, -0.1) is 0 Å². The molecule has 21 heavy (non-hydrogen) atoms. The summed E-state index contributed by atoms with van der Waals surface area (Å²) in [5.41, 5.74) is 0.464. The summed E-state index contributed by atoms with van der Waals surface area (Å²) in [6, 6.07) is 6.78. The van der Waals surface area contributed by atoms with Crippen molar-refractivity contribution < 1.29 is 19.5 Å². The van der Waals surface area contributed by atoms with Gasteiger partial charge in [0.15, 0.2) is 11.4 Å². The molecule has 2 aromatic rings. The van der Waals surface area contributed by atoms with Crippen molar-refractivity contribution in [3.8, 4) is 0 Å². The number of fused-ring (bicyclic) bond motifs is 1. The summed E-state index contributed by atoms with van der Waals surface area (Å²) >= 11 is 0. The van der Waals surface area contributed by atoms with Gasteiger partial charge in [-0.3, -0.25) is 14.5 Å². The molecular weight excluding hydrogens is 276 g/mol. The van der Waals surface area contributed by atoms with Gasteiger partial charge in [0.1, 0.15) is 6.54 Å². The Morgan fingerprint density at radius 3 is 2.81 bits per heavy atom. The Bertz CT molecular complexity index is 752. The molecule has 8 heteroatoms. The summed E-state index contributed by atoms with van der Waals surface area (Å²) in [7, 11) is 0. The zero-order valence-electron chi connectivity index (χ0n) is 10.7. The number of carboxylic acid groups (broad SMARTS) is 1. The van der Waals surface area contributed by atoms with Crippen molar-refractivity contribution in [3.63, 3.8) is 0 Å². The number of hydrogen-bond acceptors (Lipinski definition) is 4. The lowest BCUT2D eigenvalue weighted by Gasteiger charge is -2.28. The van der Waals surface area contributed by atoms with E-state index in [0.717, 1.165) is 6.33 Å². The largest absolute Gasteiger partial charge is 0.477 e. The molecule has 1 aromatic heterocycles. The average molecular weight is 286 g/mol. The van der Waals surface area contributed by atoms with Gasteiger partial charge in [-0.25, -0.2) is 9.78 Å². The lowest BCUT2D eigenvalue weighted by molar-refractivity contribution is -0.115. The van der Waals surface area contributed by atoms with Crippen LogP contribution >= 0.6 is 0 Å². The summed E-state index contributed by atoms with van der Waals surface area (Å²) in [5.74, 6) is -2.28. The lowest BCUT2D eigenvalue weighted by atomic mass is 10.1. The molecule has 2 heterocycles. The van der Waals surface area contributed by atoms with Gasteiger partial charge in [-0.2, -0.15) is 0 Å². The van der Waals surface area contributed by atoms with Crippen LogP contribution in [0.15, 0.2) is 30.6 Å². The fourth-order valence-corrected chi connectivity index (χ4v) is 2.16. The number of benzene rings is 1. The van der Waals surface area contributed by atoms with Crippen molar-refractivity contribution in [1.82, 2.24) is 9.97 Å². The summed E-state index contributed by atoms with van der Waals surface area (Å²) in [6.45, 7) is -0.193. The average Bonchev–Trinajstić information content (AvgIpc) is 2.95. The topological polar surface area (TPSA) is 115 Å². The van der Waals surface area contributed by atoms with Crippen LogP contribution in [0.3, 0.4) is 0 Å². The number of hydrogen-bond donors (Lipinski definition) is 3. The number of rotatable bonds is 2. The van der Waals surface area contributed by atoms with Crippen LogP contribution in [0.2, 0.25) is 0 Å². The summed E-state index contributed by atoms with van der Waals surface area (Å²) in [6.07, 6.45) is 1.13. The Labute approximate surface area is 118 Å². The number of imidazole rings is 1. The van der Waals surface area contributed by atoms with Crippen LogP contribution in [0.1, 0.15) is 21.0 Å². The van der Waals surface area contributed by atoms with Crippen LogP contribution in [0.25, 0.3) is 0 Å². The molecule has 0 aliphatic carbocycles. The van der Waals surface area contributed by atoms with E-state index in [-0.39, 0.29) is 23.8 Å². The van der Waals surface area contributed by atoms with Crippen molar-refractivity contribution in [2.75, 3.05) is 16.8 Å². The first-order valence-electron chi connectivity index (χ1n) is 6.05. The molecule has 2 amide bonds. The number of carbonyl (C=O) groups is 3. The van der Waals surface area contributed by atoms with Crippen LogP contribution in [-0.4, -0.2) is 39.4 Å². The van der Waals surface area contributed by atoms with Crippen LogP contribution in [0, 0.1) is 0 Å². The molecular formula is C13H10N4O4. The molecule has 0 atom stereocenters. The molecule has 0 bridgehead atoms. The number of nitrogens with zero attached hydrogens (tertiary/aromatic N) is 2. The molecule has 8 nitrogen and oxygen atoms in total. The van der Waals surface area contributed by atoms with E-state index in [1.807, 2.05) is 0 Å². The number of amides is 2. The highest BCUT2D eigenvalue weighted by Crippen LogP contribution is 2.30. The Balaban J connectivity index is 2.04. The third kappa shape index (κ3) is 2.12. The third-order valence-corrected chi connectivity index (χ3v) is 3.07. The smallest absolute Gasteiger partial charge is 0.354 e. The third-order valence-electron chi connectivity index (χ3n) is 3.07. The first kappa shape index (κ1) is 12.9. The number of para-hydroxylation sites is 2. The standard InChI is InChI=1S/C13H10N4O4/c18-9-5-17(8-4-2-1-3-7(8)16-9)12(19)10-11(13(20)21)15-6-14-10/h1-4,6H,5H2,(H,14,15)(H,16,18)(H,20,21). The van der Waals surface area contributed by atoms with E-state index in [0.29, 0.717) is 11.4 Å². The van der Waals surface area contributed by atoms with Gasteiger partial charge in [0, 0.05) is 0 Å². The van der Waals surface area contributed by atoms with Crippen molar-refractivity contribution >= 4 is 29.2 Å². The van der Waals surface area contributed by atoms with E-state index < -0.39 is 11.9 Å². The van der Waals surface area contributed by atoms with Gasteiger partial charge in [0.25, 0.3) is 5.91 Å². The SMILES string of the molecule is O=C1CN(C(=O)c2nc[nH]c2C(=O)O)c2ccccc2N1. The molecule has 0 saturated carbocycles. The summed E-state index contributed by atoms with van der Waals surface area (Å²) in [5, 5.41) is 11.7. The van der Waals surface area contributed by atoms with E-state index in [1.54, 1.807) is 24.3 Å². The number of carbonyl (C=O) groups excluding carboxylic acids is 2. The number of nitrogens with one attached hydrogen (secondary N) is 2. The summed E-state index contributed by atoms with van der Waals surface area (Å²) in [4.78, 5) is 42.6. The molecule has 0 radical (unpaired) electrons. The molecule has 0 spiro atoms. The van der Waals surface area contributed by atoms with Crippen LogP contribution < -0.4 is 10.2 Å². The number of aromatic amines is 1. The second-order valence-corrected chi connectivity index (χ2v) is 4.39.